The summed E-state index contributed by atoms with van der Waals surface area (Å²) in [4.78, 5) is 42.7. The number of hydrogen-bond acceptors (Lipinski definition) is 5. The number of likely N-dealkylation sites (tertiary alicyclic amines) is 1. The molecular formula is C28H32N2O5. The lowest BCUT2D eigenvalue weighted by Gasteiger charge is -2.44. The fourth-order valence-electron chi connectivity index (χ4n) is 5.81. The van der Waals surface area contributed by atoms with E-state index in [1.54, 1.807) is 12.0 Å². The molecule has 0 N–H and O–H groups in total. The minimum Gasteiger partial charge on any atom is -0.495 e. The normalized spacial score (nSPS) is 21.2. The minimum atomic E-state index is -0.562. The standard InChI is InChI=1S/C28H32N2O5/c1-17-5-6-23(34-4)21(12-17)30-16-20(14-25(30)32)27(33)29-9-7-28(8-10-29)15-22(31)26-19(3)11-18(2)13-24(26)35-28/h5-6,11-13,20H,7-10,14-16H2,1-4H3. The van der Waals surface area contributed by atoms with Gasteiger partial charge in [0.2, 0.25) is 11.8 Å². The molecular weight excluding hydrogens is 444 g/mol. The van der Waals surface area contributed by atoms with Gasteiger partial charge in [-0.25, -0.2) is 0 Å². The second-order valence-electron chi connectivity index (χ2n) is 10.2. The van der Waals surface area contributed by atoms with Gasteiger partial charge in [0, 0.05) is 38.9 Å². The first-order chi connectivity index (χ1) is 16.7. The number of piperidine rings is 1. The third-order valence-corrected chi connectivity index (χ3v) is 7.62. The molecule has 2 fully saturated rings. The number of ether oxygens (including phenoxy) is 2. The van der Waals surface area contributed by atoms with Crippen molar-refractivity contribution < 1.29 is 23.9 Å². The lowest BCUT2D eigenvalue weighted by molar-refractivity contribution is -0.139. The molecule has 2 saturated heterocycles. The Labute approximate surface area is 206 Å². The summed E-state index contributed by atoms with van der Waals surface area (Å²) >= 11 is 0. The number of fused-ring (bicyclic) bond motifs is 1. The zero-order chi connectivity index (χ0) is 24.9. The van der Waals surface area contributed by atoms with Gasteiger partial charge in [0.25, 0.3) is 0 Å². The Morgan fingerprint density at radius 1 is 1.06 bits per heavy atom. The number of methoxy groups -OCH3 is 1. The zero-order valence-electron chi connectivity index (χ0n) is 20.8. The Hall–Kier alpha value is -3.35. The lowest BCUT2D eigenvalue weighted by atomic mass is 9.81. The molecule has 1 atom stereocenters. The van der Waals surface area contributed by atoms with Crippen molar-refractivity contribution in [3.05, 3.63) is 52.6 Å². The maximum absolute atomic E-state index is 13.4. The smallest absolute Gasteiger partial charge is 0.228 e. The van der Waals surface area contributed by atoms with Crippen molar-refractivity contribution in [2.24, 2.45) is 5.92 Å². The molecule has 5 rings (SSSR count). The Kier molecular flexibility index (Phi) is 5.82. The van der Waals surface area contributed by atoms with Gasteiger partial charge in [-0.3, -0.25) is 14.4 Å². The number of carbonyl (C=O) groups is 3. The number of nitrogens with zero attached hydrogens (tertiary/aromatic N) is 2. The van der Waals surface area contributed by atoms with E-state index in [4.69, 9.17) is 9.47 Å². The SMILES string of the molecule is COc1ccc(C)cc1N1CC(C(=O)N2CCC3(CC2)CC(=O)c2c(C)cc(C)cc2O3)CC1=O. The van der Waals surface area contributed by atoms with Crippen molar-refractivity contribution in [1.82, 2.24) is 4.90 Å². The van der Waals surface area contributed by atoms with Crippen LogP contribution in [0.4, 0.5) is 5.69 Å². The molecule has 0 bridgehead atoms. The highest BCUT2D eigenvalue weighted by Crippen LogP contribution is 2.41. The molecule has 3 aliphatic rings. The molecule has 7 nitrogen and oxygen atoms in total. The highest BCUT2D eigenvalue weighted by atomic mass is 16.5. The Bertz CT molecular complexity index is 1210. The van der Waals surface area contributed by atoms with E-state index >= 15 is 0 Å². The van der Waals surface area contributed by atoms with Gasteiger partial charge in [-0.2, -0.15) is 0 Å². The number of amides is 2. The lowest BCUT2D eigenvalue weighted by Crippen LogP contribution is -2.53. The van der Waals surface area contributed by atoms with E-state index in [0.717, 1.165) is 16.7 Å². The number of anilines is 1. The number of carbonyl (C=O) groups excluding carboxylic acids is 3. The predicted molar refractivity (Wildman–Crippen MR) is 132 cm³/mol. The summed E-state index contributed by atoms with van der Waals surface area (Å²) in [6.45, 7) is 7.30. The van der Waals surface area contributed by atoms with E-state index in [1.807, 2.05) is 56.0 Å². The molecule has 7 heteroatoms. The maximum atomic E-state index is 13.4. The molecule has 0 radical (unpaired) electrons. The van der Waals surface area contributed by atoms with Crippen LogP contribution in [-0.2, 0) is 9.59 Å². The van der Waals surface area contributed by atoms with Crippen molar-refractivity contribution in [1.29, 1.82) is 0 Å². The van der Waals surface area contributed by atoms with E-state index in [-0.39, 0.29) is 29.9 Å². The average molecular weight is 477 g/mol. The molecule has 3 aliphatic heterocycles. The van der Waals surface area contributed by atoms with Crippen molar-refractivity contribution in [3.63, 3.8) is 0 Å². The first-order valence-electron chi connectivity index (χ1n) is 12.3. The largest absolute Gasteiger partial charge is 0.495 e. The van der Waals surface area contributed by atoms with Gasteiger partial charge >= 0.3 is 0 Å². The second-order valence-corrected chi connectivity index (χ2v) is 10.2. The monoisotopic (exact) mass is 476 g/mol. The summed E-state index contributed by atoms with van der Waals surface area (Å²) in [7, 11) is 1.58. The maximum Gasteiger partial charge on any atom is 0.228 e. The summed E-state index contributed by atoms with van der Waals surface area (Å²) in [5.41, 5.74) is 3.89. The van der Waals surface area contributed by atoms with Crippen molar-refractivity contribution in [3.8, 4) is 11.5 Å². The number of rotatable bonds is 3. The van der Waals surface area contributed by atoms with Crippen LogP contribution in [-0.4, -0.2) is 54.8 Å². The van der Waals surface area contributed by atoms with Gasteiger partial charge in [-0.15, -0.1) is 0 Å². The van der Waals surface area contributed by atoms with Gasteiger partial charge in [-0.05, 0) is 55.7 Å². The van der Waals surface area contributed by atoms with Gasteiger partial charge in [-0.1, -0.05) is 12.1 Å². The van der Waals surface area contributed by atoms with Crippen molar-refractivity contribution >= 4 is 23.3 Å². The molecule has 2 aromatic rings. The summed E-state index contributed by atoms with van der Waals surface area (Å²) < 4.78 is 11.9. The Morgan fingerprint density at radius 3 is 2.51 bits per heavy atom. The topological polar surface area (TPSA) is 76.2 Å². The van der Waals surface area contributed by atoms with Gasteiger partial charge in [0.1, 0.15) is 17.1 Å². The second kappa shape index (κ2) is 8.70. The molecule has 0 aliphatic carbocycles. The first kappa shape index (κ1) is 23.4. The fraction of sp³-hybridized carbons (Fsp3) is 0.464. The van der Waals surface area contributed by atoms with E-state index in [9.17, 15) is 14.4 Å². The van der Waals surface area contributed by atoms with Crippen LogP contribution < -0.4 is 14.4 Å². The predicted octanol–water partition coefficient (Wildman–Crippen LogP) is 4.00. The number of aryl methyl sites for hydroxylation is 3. The molecule has 0 saturated carbocycles. The quantitative estimate of drug-likeness (QED) is 0.669. The zero-order valence-corrected chi connectivity index (χ0v) is 20.8. The van der Waals surface area contributed by atoms with E-state index < -0.39 is 5.60 Å². The number of ketones is 1. The van der Waals surface area contributed by atoms with Crippen molar-refractivity contribution in [2.45, 2.75) is 52.1 Å². The molecule has 0 aromatic heterocycles. The molecule has 2 aromatic carbocycles. The summed E-state index contributed by atoms with van der Waals surface area (Å²) in [5, 5.41) is 0. The Balaban J connectivity index is 1.27. The third kappa shape index (κ3) is 4.17. The summed E-state index contributed by atoms with van der Waals surface area (Å²) in [5.74, 6) is 0.958. The summed E-state index contributed by atoms with van der Waals surface area (Å²) in [6.07, 6.45) is 1.74. The van der Waals surface area contributed by atoms with Gasteiger partial charge in [0.15, 0.2) is 5.78 Å². The highest BCUT2D eigenvalue weighted by molar-refractivity contribution is 6.02. The van der Waals surface area contributed by atoms with E-state index in [0.29, 0.717) is 61.6 Å². The molecule has 1 spiro atoms. The Morgan fingerprint density at radius 2 is 1.80 bits per heavy atom. The van der Waals surface area contributed by atoms with E-state index in [2.05, 4.69) is 0 Å². The van der Waals surface area contributed by atoms with Crippen LogP contribution in [0.5, 0.6) is 11.5 Å². The van der Waals surface area contributed by atoms with Crippen LogP contribution in [0.2, 0.25) is 0 Å². The van der Waals surface area contributed by atoms with Crippen LogP contribution in [0.1, 0.15) is 52.7 Å². The van der Waals surface area contributed by atoms with Crippen LogP contribution in [0, 0.1) is 26.7 Å². The molecule has 2 amide bonds. The molecule has 184 valence electrons. The fourth-order valence-corrected chi connectivity index (χ4v) is 5.81. The van der Waals surface area contributed by atoms with Crippen LogP contribution in [0.15, 0.2) is 30.3 Å². The molecule has 1 unspecified atom stereocenters. The molecule has 3 heterocycles. The van der Waals surface area contributed by atoms with E-state index in [1.165, 1.54) is 0 Å². The number of hydrogen-bond donors (Lipinski definition) is 0. The minimum absolute atomic E-state index is 0.00320. The number of benzene rings is 2. The molecule has 35 heavy (non-hydrogen) atoms. The highest BCUT2D eigenvalue weighted by Gasteiger charge is 2.46. The van der Waals surface area contributed by atoms with Crippen LogP contribution in [0.25, 0.3) is 0 Å². The van der Waals surface area contributed by atoms with Crippen LogP contribution in [0.3, 0.4) is 0 Å². The summed E-state index contributed by atoms with van der Waals surface area (Å²) in [6, 6.07) is 9.67. The first-order valence-corrected chi connectivity index (χ1v) is 12.3. The average Bonchev–Trinajstić information content (AvgIpc) is 3.19. The van der Waals surface area contributed by atoms with Gasteiger partial charge < -0.3 is 19.3 Å². The number of Topliss-reactive ketones (excluding diaryl/α,β-unsaturated/α-hetero) is 1. The van der Waals surface area contributed by atoms with Crippen molar-refractivity contribution in [2.75, 3.05) is 31.6 Å². The third-order valence-electron chi connectivity index (χ3n) is 7.62. The van der Waals surface area contributed by atoms with Crippen LogP contribution >= 0.6 is 0 Å². The van der Waals surface area contributed by atoms with Gasteiger partial charge in [0.05, 0.1) is 30.7 Å².